The largest absolute Gasteiger partial charge is 0.378 e. The predicted molar refractivity (Wildman–Crippen MR) is 61.1 cm³/mol. The molecule has 0 aliphatic carbocycles. The number of carbonyl (C=O) groups is 1. The lowest BCUT2D eigenvalue weighted by Crippen LogP contribution is -2.39. The van der Waals surface area contributed by atoms with Crippen LogP contribution in [-0.4, -0.2) is 31.0 Å². The lowest BCUT2D eigenvalue weighted by molar-refractivity contribution is -0.128. The second-order valence-electron chi connectivity index (χ2n) is 4.70. The van der Waals surface area contributed by atoms with Crippen LogP contribution in [0.3, 0.4) is 0 Å². The zero-order chi connectivity index (χ0) is 11.3. The van der Waals surface area contributed by atoms with Crippen molar-refractivity contribution in [3.05, 3.63) is 0 Å². The zero-order valence-corrected chi connectivity index (χ0v) is 10.3. The van der Waals surface area contributed by atoms with Crippen LogP contribution in [0.1, 0.15) is 33.1 Å². The van der Waals surface area contributed by atoms with Crippen molar-refractivity contribution in [3.63, 3.8) is 0 Å². The van der Waals surface area contributed by atoms with Crippen molar-refractivity contribution in [2.75, 3.05) is 19.0 Å². The number of hydrogen-bond donors (Lipinski definition) is 1. The molecule has 1 atom stereocenters. The quantitative estimate of drug-likeness (QED) is 0.737. The van der Waals surface area contributed by atoms with Gasteiger partial charge in [0.05, 0.1) is 11.5 Å². The predicted octanol–water partition coefficient (Wildman–Crippen LogP) is 1.94. The van der Waals surface area contributed by atoms with Gasteiger partial charge in [-0.15, -0.1) is 11.6 Å². The van der Waals surface area contributed by atoms with Gasteiger partial charge < -0.3 is 10.1 Å². The van der Waals surface area contributed by atoms with Gasteiger partial charge in [0.2, 0.25) is 5.91 Å². The van der Waals surface area contributed by atoms with E-state index in [1.54, 1.807) is 0 Å². The average molecular weight is 234 g/mol. The summed E-state index contributed by atoms with van der Waals surface area (Å²) in [5.74, 6) is 0.370. The van der Waals surface area contributed by atoms with Gasteiger partial charge in [-0.3, -0.25) is 4.79 Å². The maximum absolute atomic E-state index is 11.6. The van der Waals surface area contributed by atoms with Crippen LogP contribution in [-0.2, 0) is 9.53 Å². The van der Waals surface area contributed by atoms with Crippen molar-refractivity contribution < 1.29 is 9.53 Å². The van der Waals surface area contributed by atoms with E-state index in [9.17, 15) is 4.79 Å². The minimum absolute atomic E-state index is 0.0236. The maximum Gasteiger partial charge on any atom is 0.226 e. The van der Waals surface area contributed by atoms with Gasteiger partial charge in [0, 0.05) is 19.0 Å². The highest BCUT2D eigenvalue weighted by molar-refractivity contribution is 6.19. The van der Waals surface area contributed by atoms with Crippen LogP contribution < -0.4 is 5.32 Å². The molecule has 1 unspecified atom stereocenters. The van der Waals surface area contributed by atoms with Gasteiger partial charge in [-0.2, -0.15) is 0 Å². The van der Waals surface area contributed by atoms with E-state index in [0.29, 0.717) is 18.5 Å². The molecule has 0 aromatic rings. The molecule has 3 nitrogen and oxygen atoms in total. The Morgan fingerprint density at radius 3 is 2.87 bits per heavy atom. The lowest BCUT2D eigenvalue weighted by atomic mass is 9.95. The normalized spacial score (nSPS) is 21.7. The first-order chi connectivity index (χ1) is 7.06. The van der Waals surface area contributed by atoms with E-state index in [-0.39, 0.29) is 5.91 Å². The number of alkyl halides is 1. The molecule has 88 valence electrons. The zero-order valence-electron chi connectivity index (χ0n) is 9.51. The van der Waals surface area contributed by atoms with Gasteiger partial charge in [-0.25, -0.2) is 0 Å². The Hall–Kier alpha value is -0.280. The minimum atomic E-state index is -0.474. The minimum Gasteiger partial charge on any atom is -0.378 e. The summed E-state index contributed by atoms with van der Waals surface area (Å²) in [4.78, 5) is 11.6. The van der Waals surface area contributed by atoms with Crippen molar-refractivity contribution in [1.82, 2.24) is 5.32 Å². The van der Waals surface area contributed by atoms with Crippen LogP contribution in [0.4, 0.5) is 0 Å². The Kier molecular flexibility index (Phi) is 4.87. The second-order valence-corrected chi connectivity index (χ2v) is 4.96. The van der Waals surface area contributed by atoms with Crippen LogP contribution in [0.2, 0.25) is 0 Å². The smallest absolute Gasteiger partial charge is 0.226 e. The Balaban J connectivity index is 2.16. The number of rotatable bonds is 5. The molecule has 1 heterocycles. The number of ether oxygens (including phenoxy) is 1. The van der Waals surface area contributed by atoms with E-state index in [0.717, 1.165) is 25.9 Å². The first-order valence-electron chi connectivity index (χ1n) is 5.52. The van der Waals surface area contributed by atoms with E-state index in [4.69, 9.17) is 16.3 Å². The molecule has 0 radical (unpaired) electrons. The summed E-state index contributed by atoms with van der Waals surface area (Å²) in [6.45, 7) is 5.25. The third-order valence-corrected chi connectivity index (χ3v) is 3.39. The fraction of sp³-hybridized carbons (Fsp3) is 0.909. The lowest BCUT2D eigenvalue weighted by Gasteiger charge is -2.20. The first-order valence-corrected chi connectivity index (χ1v) is 6.05. The summed E-state index contributed by atoms with van der Waals surface area (Å²) in [5.41, 5.74) is -0.474. The summed E-state index contributed by atoms with van der Waals surface area (Å²) in [5, 5.41) is 2.90. The molecule has 1 aliphatic rings. The highest BCUT2D eigenvalue weighted by Gasteiger charge is 2.26. The van der Waals surface area contributed by atoms with Gasteiger partial charge in [-0.1, -0.05) is 0 Å². The molecule has 0 saturated carbocycles. The SMILES string of the molecule is CC(C)(CCl)C(=O)NCCC1CCCO1. The number of hydrogen-bond acceptors (Lipinski definition) is 2. The van der Waals surface area contributed by atoms with Crippen molar-refractivity contribution in [2.45, 2.75) is 39.2 Å². The van der Waals surface area contributed by atoms with Gasteiger partial charge in [-0.05, 0) is 33.1 Å². The Morgan fingerprint density at radius 1 is 1.60 bits per heavy atom. The average Bonchev–Trinajstić information content (AvgIpc) is 2.70. The van der Waals surface area contributed by atoms with Crippen LogP contribution in [0.5, 0.6) is 0 Å². The van der Waals surface area contributed by atoms with Gasteiger partial charge in [0.15, 0.2) is 0 Å². The molecule has 1 amide bonds. The van der Waals surface area contributed by atoms with E-state index in [2.05, 4.69) is 5.32 Å². The maximum atomic E-state index is 11.6. The van der Waals surface area contributed by atoms with Crippen molar-refractivity contribution in [2.24, 2.45) is 5.41 Å². The number of nitrogens with one attached hydrogen (secondary N) is 1. The van der Waals surface area contributed by atoms with Crippen LogP contribution in [0.25, 0.3) is 0 Å². The monoisotopic (exact) mass is 233 g/mol. The summed E-state index contributed by atoms with van der Waals surface area (Å²) < 4.78 is 5.47. The topological polar surface area (TPSA) is 38.3 Å². The fourth-order valence-corrected chi connectivity index (χ4v) is 1.64. The summed E-state index contributed by atoms with van der Waals surface area (Å²) in [6, 6.07) is 0. The highest BCUT2D eigenvalue weighted by atomic mass is 35.5. The third-order valence-electron chi connectivity index (χ3n) is 2.72. The van der Waals surface area contributed by atoms with E-state index in [1.165, 1.54) is 0 Å². The standard InChI is InChI=1S/C11H20ClNO2/c1-11(2,8-12)10(14)13-6-5-9-4-3-7-15-9/h9H,3-8H2,1-2H3,(H,13,14). The van der Waals surface area contributed by atoms with Crippen molar-refractivity contribution in [3.8, 4) is 0 Å². The summed E-state index contributed by atoms with van der Waals surface area (Å²) in [6.07, 6.45) is 3.51. The van der Waals surface area contributed by atoms with Crippen LogP contribution in [0, 0.1) is 5.41 Å². The molecule has 0 aromatic carbocycles. The van der Waals surface area contributed by atoms with Crippen molar-refractivity contribution in [1.29, 1.82) is 0 Å². The highest BCUT2D eigenvalue weighted by Crippen LogP contribution is 2.17. The van der Waals surface area contributed by atoms with E-state index >= 15 is 0 Å². The molecule has 1 rings (SSSR count). The molecule has 1 fully saturated rings. The fourth-order valence-electron chi connectivity index (χ4n) is 1.52. The van der Waals surface area contributed by atoms with Crippen LogP contribution >= 0.6 is 11.6 Å². The Bertz CT molecular complexity index is 213. The third kappa shape index (κ3) is 3.99. The van der Waals surface area contributed by atoms with Gasteiger partial charge in [0.1, 0.15) is 0 Å². The molecule has 15 heavy (non-hydrogen) atoms. The number of halogens is 1. The van der Waals surface area contributed by atoms with Crippen LogP contribution in [0.15, 0.2) is 0 Å². The molecule has 4 heteroatoms. The molecule has 1 N–H and O–H groups in total. The summed E-state index contributed by atoms with van der Waals surface area (Å²) in [7, 11) is 0. The molecule has 0 spiro atoms. The Morgan fingerprint density at radius 2 is 2.33 bits per heavy atom. The Labute approximate surface area is 96.5 Å². The molecular formula is C11H20ClNO2. The molecular weight excluding hydrogens is 214 g/mol. The van der Waals surface area contributed by atoms with Gasteiger partial charge >= 0.3 is 0 Å². The molecule has 1 aliphatic heterocycles. The number of amides is 1. The van der Waals surface area contributed by atoms with Crippen molar-refractivity contribution >= 4 is 17.5 Å². The summed E-state index contributed by atoms with van der Waals surface area (Å²) >= 11 is 5.71. The molecule has 0 bridgehead atoms. The molecule has 0 aromatic heterocycles. The second kappa shape index (κ2) is 5.71. The number of carbonyl (C=O) groups excluding carboxylic acids is 1. The van der Waals surface area contributed by atoms with E-state index in [1.807, 2.05) is 13.8 Å². The molecule has 1 saturated heterocycles. The first kappa shape index (κ1) is 12.8. The van der Waals surface area contributed by atoms with E-state index < -0.39 is 5.41 Å². The van der Waals surface area contributed by atoms with Gasteiger partial charge in [0.25, 0.3) is 0 Å².